The number of carbonyl (C=O) groups excluding carboxylic acids is 2. The van der Waals surface area contributed by atoms with Crippen LogP contribution in [0.5, 0.6) is 0 Å². The predicted octanol–water partition coefficient (Wildman–Crippen LogP) is 7.82. The van der Waals surface area contributed by atoms with Gasteiger partial charge < -0.3 is 64.2 Å². The molecule has 2 rings (SSSR count). The van der Waals surface area contributed by atoms with Gasteiger partial charge in [-0.2, -0.15) is 0 Å². The van der Waals surface area contributed by atoms with Gasteiger partial charge in [-0.1, -0.05) is 151 Å². The Morgan fingerprint density at radius 3 is 1.44 bits per heavy atom. The molecule has 7 N–H and O–H groups in total. The van der Waals surface area contributed by atoms with Crippen molar-refractivity contribution < 1.29 is 73.8 Å². The summed E-state index contributed by atoms with van der Waals surface area (Å²) < 4.78 is 33.5. The molecule has 0 bridgehead atoms. The van der Waals surface area contributed by atoms with Crippen molar-refractivity contribution in [1.29, 1.82) is 0 Å². The minimum Gasteiger partial charge on any atom is -0.462 e. The van der Waals surface area contributed by atoms with E-state index in [-0.39, 0.29) is 19.4 Å². The Hall–Kier alpha value is -3.06. The molecule has 0 aromatic rings. The van der Waals surface area contributed by atoms with Crippen LogP contribution in [0.25, 0.3) is 0 Å². The fourth-order valence-corrected chi connectivity index (χ4v) is 7.78. The van der Waals surface area contributed by atoms with Gasteiger partial charge in [0.25, 0.3) is 0 Å². The lowest BCUT2D eigenvalue weighted by Gasteiger charge is -2.42. The van der Waals surface area contributed by atoms with Gasteiger partial charge >= 0.3 is 11.9 Å². The maximum atomic E-state index is 13.0. The monoisotopic (exact) mass is 993 g/mol. The van der Waals surface area contributed by atoms with Gasteiger partial charge in [-0.25, -0.2) is 0 Å². The highest BCUT2D eigenvalue weighted by molar-refractivity contribution is 5.70. The standard InChI is InChI=1S/C55H92O15/c1-3-5-7-9-11-13-15-17-19-20-21-22-24-25-27-29-31-33-35-37-46(57)65-40-43(68-47(58)38-36-34-32-30-28-26-23-18-16-14-12-10-8-6-4-2)41-66-54-53(64)51(62)49(60)45(70-54)42-67-55-52(63)50(61)48(59)44(39-56)69-55/h11,13,17,19,21-22,25,27-28,30-31,33,43-45,48-56,59-64H,3-10,12,14-16,18,20,23-24,26,29,32,34-42H2,1-2H3/b13-11+,19-17+,22-21+,27-25+,30-28+,33-31+/t43-,44+,45+,48-,49-,50?,51?,52?,53?,54+,55+/m0/s1. The zero-order chi connectivity index (χ0) is 51.0. The highest BCUT2D eigenvalue weighted by Gasteiger charge is 2.47. The quantitative estimate of drug-likeness (QED) is 0.0176. The zero-order valence-corrected chi connectivity index (χ0v) is 42.5. The van der Waals surface area contributed by atoms with E-state index in [2.05, 4.69) is 74.6 Å². The molecule has 2 aliphatic heterocycles. The van der Waals surface area contributed by atoms with Crippen LogP contribution in [0.1, 0.15) is 168 Å². The van der Waals surface area contributed by atoms with Crippen molar-refractivity contribution in [2.75, 3.05) is 26.4 Å². The highest BCUT2D eigenvalue weighted by atomic mass is 16.7. The molecule has 2 aliphatic rings. The molecule has 2 fully saturated rings. The van der Waals surface area contributed by atoms with Crippen LogP contribution >= 0.6 is 0 Å². The SMILES string of the molecule is CCCCC/C=C/C/C=C/C/C=C/C/C=C/C/C=C/CCC(=O)OC[C@@H](CO[C@@H]1O[C@H](CO[C@@H]2O[C@H](CO)[C@H](O)C(O)C2O)[C@H](O)C(O)C1O)OC(=O)CCCC/C=C/CCCCCCCCCCC. The van der Waals surface area contributed by atoms with E-state index < -0.39 is 99.3 Å². The van der Waals surface area contributed by atoms with E-state index in [0.717, 1.165) is 51.4 Å². The van der Waals surface area contributed by atoms with Gasteiger partial charge in [0.1, 0.15) is 55.4 Å². The Balaban J connectivity index is 1.84. The fourth-order valence-electron chi connectivity index (χ4n) is 7.78. The van der Waals surface area contributed by atoms with E-state index in [1.54, 1.807) is 0 Å². The molecule has 0 aliphatic carbocycles. The lowest BCUT2D eigenvalue weighted by atomic mass is 9.98. The number of rotatable bonds is 40. The summed E-state index contributed by atoms with van der Waals surface area (Å²) in [4.78, 5) is 25.7. The summed E-state index contributed by atoms with van der Waals surface area (Å²) in [6.45, 7) is 2.45. The molecule has 2 saturated heterocycles. The third kappa shape index (κ3) is 28.8. The second-order valence-corrected chi connectivity index (χ2v) is 18.3. The first-order valence-electron chi connectivity index (χ1n) is 26.5. The van der Waals surface area contributed by atoms with Crippen LogP contribution in [0.3, 0.4) is 0 Å². The molecule has 4 unspecified atom stereocenters. The van der Waals surface area contributed by atoms with Crippen molar-refractivity contribution in [2.24, 2.45) is 0 Å². The molecule has 0 radical (unpaired) electrons. The average Bonchev–Trinajstić information content (AvgIpc) is 3.35. The zero-order valence-electron chi connectivity index (χ0n) is 42.5. The van der Waals surface area contributed by atoms with E-state index in [9.17, 15) is 45.3 Å². The van der Waals surface area contributed by atoms with E-state index in [1.807, 2.05) is 12.2 Å². The number of unbranched alkanes of at least 4 members (excludes halogenated alkanes) is 14. The largest absolute Gasteiger partial charge is 0.462 e. The smallest absolute Gasteiger partial charge is 0.306 e. The number of hydrogen-bond donors (Lipinski definition) is 7. The molecule has 0 aromatic carbocycles. The van der Waals surface area contributed by atoms with Crippen molar-refractivity contribution in [3.63, 3.8) is 0 Å². The molecular weight excluding hydrogens is 901 g/mol. The molecule has 2 heterocycles. The van der Waals surface area contributed by atoms with Gasteiger partial charge in [0.05, 0.1) is 19.8 Å². The van der Waals surface area contributed by atoms with Crippen molar-refractivity contribution in [1.82, 2.24) is 0 Å². The van der Waals surface area contributed by atoms with Gasteiger partial charge in [0.2, 0.25) is 0 Å². The highest BCUT2D eigenvalue weighted by Crippen LogP contribution is 2.26. The number of esters is 2. The molecule has 15 nitrogen and oxygen atoms in total. The lowest BCUT2D eigenvalue weighted by molar-refractivity contribution is -0.332. The molecule has 0 amide bonds. The van der Waals surface area contributed by atoms with Gasteiger partial charge in [0, 0.05) is 12.8 Å². The summed E-state index contributed by atoms with van der Waals surface area (Å²) >= 11 is 0. The summed E-state index contributed by atoms with van der Waals surface area (Å²) in [5.74, 6) is -1.05. The Morgan fingerprint density at radius 1 is 0.457 bits per heavy atom. The maximum absolute atomic E-state index is 13.0. The van der Waals surface area contributed by atoms with Crippen LogP contribution in [0, 0.1) is 0 Å². The summed E-state index contributed by atoms with van der Waals surface area (Å²) in [6, 6.07) is 0. The first-order chi connectivity index (χ1) is 34.0. The Morgan fingerprint density at radius 2 is 0.886 bits per heavy atom. The van der Waals surface area contributed by atoms with Crippen LogP contribution < -0.4 is 0 Å². The number of allylic oxidation sites excluding steroid dienone is 12. The molecule has 0 aromatic heterocycles. The van der Waals surface area contributed by atoms with E-state index in [4.69, 9.17) is 28.4 Å². The Kier molecular flexibility index (Phi) is 37.3. The molecule has 15 heteroatoms. The molecule has 0 saturated carbocycles. The van der Waals surface area contributed by atoms with Crippen molar-refractivity contribution in [3.8, 4) is 0 Å². The number of hydrogen-bond acceptors (Lipinski definition) is 15. The number of aliphatic hydroxyl groups is 7. The van der Waals surface area contributed by atoms with Gasteiger partial charge in [-0.3, -0.25) is 9.59 Å². The number of aliphatic hydroxyl groups excluding tert-OH is 7. The topological polar surface area (TPSA) is 231 Å². The first kappa shape index (κ1) is 63.1. The summed E-state index contributed by atoms with van der Waals surface area (Å²) in [7, 11) is 0. The summed E-state index contributed by atoms with van der Waals surface area (Å²) in [5.41, 5.74) is 0. The summed E-state index contributed by atoms with van der Waals surface area (Å²) in [6.07, 6.45) is 32.3. The number of ether oxygens (including phenoxy) is 6. The predicted molar refractivity (Wildman–Crippen MR) is 270 cm³/mol. The molecule has 70 heavy (non-hydrogen) atoms. The normalized spacial score (nSPS) is 26.0. The van der Waals surface area contributed by atoms with Crippen LogP contribution in [0.4, 0.5) is 0 Å². The lowest BCUT2D eigenvalue weighted by Crippen LogP contribution is -2.61. The third-order valence-corrected chi connectivity index (χ3v) is 12.2. The summed E-state index contributed by atoms with van der Waals surface area (Å²) in [5, 5.41) is 72.1. The minimum atomic E-state index is -1.78. The van der Waals surface area contributed by atoms with Gasteiger partial charge in [0.15, 0.2) is 18.7 Å². The first-order valence-corrected chi connectivity index (χ1v) is 26.5. The van der Waals surface area contributed by atoms with Crippen molar-refractivity contribution in [2.45, 2.75) is 235 Å². The molecular formula is C55H92O15. The minimum absolute atomic E-state index is 0.0872. The van der Waals surface area contributed by atoms with Crippen molar-refractivity contribution in [3.05, 3.63) is 72.9 Å². The Labute approximate surface area is 419 Å². The van der Waals surface area contributed by atoms with E-state index in [1.165, 1.54) is 77.0 Å². The van der Waals surface area contributed by atoms with E-state index >= 15 is 0 Å². The van der Waals surface area contributed by atoms with Crippen LogP contribution in [-0.4, -0.2) is 142 Å². The van der Waals surface area contributed by atoms with Crippen molar-refractivity contribution >= 4 is 11.9 Å². The fraction of sp³-hybridized carbons (Fsp3) is 0.745. The second-order valence-electron chi connectivity index (χ2n) is 18.3. The van der Waals surface area contributed by atoms with Crippen LogP contribution in [0.2, 0.25) is 0 Å². The van der Waals surface area contributed by atoms with Gasteiger partial charge in [-0.05, 0) is 77.0 Å². The van der Waals surface area contributed by atoms with Crippen LogP contribution in [-0.2, 0) is 38.0 Å². The van der Waals surface area contributed by atoms with Gasteiger partial charge in [-0.15, -0.1) is 0 Å². The van der Waals surface area contributed by atoms with E-state index in [0.29, 0.717) is 12.8 Å². The molecule has 0 spiro atoms. The second kappa shape index (κ2) is 41.4. The third-order valence-electron chi connectivity index (χ3n) is 12.2. The Bertz CT molecular complexity index is 1490. The average molecular weight is 993 g/mol. The van der Waals surface area contributed by atoms with Crippen LogP contribution in [0.15, 0.2) is 72.9 Å². The number of carbonyl (C=O) groups is 2. The molecule has 11 atom stereocenters. The molecule has 402 valence electrons. The maximum Gasteiger partial charge on any atom is 0.306 e.